The van der Waals surface area contributed by atoms with Gasteiger partial charge in [0.25, 0.3) is 0 Å². The van der Waals surface area contributed by atoms with Crippen LogP contribution in [0.2, 0.25) is 5.02 Å². The van der Waals surface area contributed by atoms with Crippen LogP contribution in [0.1, 0.15) is 0 Å². The van der Waals surface area contributed by atoms with Gasteiger partial charge in [0.2, 0.25) is 0 Å². The van der Waals surface area contributed by atoms with Crippen molar-refractivity contribution in [2.45, 2.75) is 6.54 Å². The SMILES string of the molecule is COCCOCCn1c(=S)[nH]c2ccc(Cl)cc21. The van der Waals surface area contributed by atoms with Gasteiger partial charge in [0, 0.05) is 18.7 Å². The summed E-state index contributed by atoms with van der Waals surface area (Å²) in [7, 11) is 1.65. The van der Waals surface area contributed by atoms with Crippen molar-refractivity contribution < 1.29 is 9.47 Å². The number of aromatic nitrogens is 2. The molecule has 0 radical (unpaired) electrons. The molecule has 0 bridgehead atoms. The van der Waals surface area contributed by atoms with Crippen LogP contribution < -0.4 is 0 Å². The number of H-pyrrole nitrogens is 1. The highest BCUT2D eigenvalue weighted by molar-refractivity contribution is 7.71. The van der Waals surface area contributed by atoms with Gasteiger partial charge in [0.15, 0.2) is 4.77 Å². The summed E-state index contributed by atoms with van der Waals surface area (Å²) in [6.45, 7) is 2.48. The first kappa shape index (κ1) is 13.5. The normalized spacial score (nSPS) is 11.2. The Morgan fingerprint density at radius 2 is 2.17 bits per heavy atom. The minimum Gasteiger partial charge on any atom is -0.382 e. The third-order valence-corrected chi connectivity index (χ3v) is 3.19. The smallest absolute Gasteiger partial charge is 0.178 e. The van der Waals surface area contributed by atoms with Crippen LogP contribution in [-0.2, 0) is 16.0 Å². The fourth-order valence-corrected chi connectivity index (χ4v) is 2.21. The van der Waals surface area contributed by atoms with Crippen molar-refractivity contribution in [3.8, 4) is 0 Å². The maximum Gasteiger partial charge on any atom is 0.178 e. The van der Waals surface area contributed by atoms with E-state index in [1.807, 2.05) is 22.8 Å². The maximum atomic E-state index is 5.99. The third-order valence-electron chi connectivity index (χ3n) is 2.63. The van der Waals surface area contributed by atoms with E-state index in [1.165, 1.54) is 0 Å². The molecule has 1 N–H and O–H groups in total. The molecule has 0 saturated carbocycles. The van der Waals surface area contributed by atoms with Crippen LogP contribution in [0.25, 0.3) is 11.0 Å². The first-order chi connectivity index (χ1) is 8.72. The number of halogens is 1. The molecule has 0 amide bonds. The van der Waals surface area contributed by atoms with Crippen LogP contribution in [0.4, 0.5) is 0 Å². The van der Waals surface area contributed by atoms with Gasteiger partial charge in [-0.3, -0.25) is 0 Å². The van der Waals surface area contributed by atoms with Crippen LogP contribution in [-0.4, -0.2) is 36.5 Å². The summed E-state index contributed by atoms with van der Waals surface area (Å²) in [6.07, 6.45) is 0. The van der Waals surface area contributed by atoms with Crippen molar-refractivity contribution in [2.24, 2.45) is 0 Å². The Balaban J connectivity index is 2.10. The summed E-state index contributed by atoms with van der Waals surface area (Å²) in [5.41, 5.74) is 1.99. The number of nitrogens with zero attached hydrogens (tertiary/aromatic N) is 1. The largest absolute Gasteiger partial charge is 0.382 e. The minimum absolute atomic E-state index is 0.590. The number of ether oxygens (including phenoxy) is 2. The average molecular weight is 287 g/mol. The van der Waals surface area contributed by atoms with Crippen LogP contribution in [0.3, 0.4) is 0 Å². The van der Waals surface area contributed by atoms with E-state index in [0.717, 1.165) is 11.0 Å². The number of aromatic amines is 1. The molecule has 18 heavy (non-hydrogen) atoms. The Hall–Kier alpha value is -0.880. The highest BCUT2D eigenvalue weighted by atomic mass is 35.5. The van der Waals surface area contributed by atoms with Crippen LogP contribution in [0.15, 0.2) is 18.2 Å². The molecule has 6 heteroatoms. The number of imidazole rings is 1. The summed E-state index contributed by atoms with van der Waals surface area (Å²) < 4.78 is 13.0. The monoisotopic (exact) mass is 286 g/mol. The van der Waals surface area contributed by atoms with Gasteiger partial charge in [0.1, 0.15) is 0 Å². The lowest BCUT2D eigenvalue weighted by molar-refractivity contribution is 0.0668. The number of hydrogen-bond acceptors (Lipinski definition) is 3. The molecule has 1 aromatic carbocycles. The molecule has 0 aliphatic rings. The molecule has 0 saturated heterocycles. The van der Waals surface area contributed by atoms with Gasteiger partial charge in [-0.05, 0) is 30.4 Å². The van der Waals surface area contributed by atoms with Gasteiger partial charge < -0.3 is 19.0 Å². The minimum atomic E-state index is 0.590. The summed E-state index contributed by atoms with van der Waals surface area (Å²) in [5.74, 6) is 0. The summed E-state index contributed by atoms with van der Waals surface area (Å²) in [5, 5.41) is 0.700. The summed E-state index contributed by atoms with van der Waals surface area (Å²) in [6, 6.07) is 5.67. The molecule has 0 unspecified atom stereocenters. The Morgan fingerprint density at radius 3 is 2.94 bits per heavy atom. The second-order valence-electron chi connectivity index (χ2n) is 3.85. The zero-order valence-electron chi connectivity index (χ0n) is 10.1. The van der Waals surface area contributed by atoms with E-state index >= 15 is 0 Å². The molecule has 4 nitrogen and oxygen atoms in total. The van der Waals surface area contributed by atoms with Gasteiger partial charge in [-0.1, -0.05) is 11.6 Å². The summed E-state index contributed by atoms with van der Waals surface area (Å²) in [4.78, 5) is 3.15. The number of nitrogens with one attached hydrogen (secondary N) is 1. The van der Waals surface area contributed by atoms with E-state index in [-0.39, 0.29) is 0 Å². The van der Waals surface area contributed by atoms with Crippen molar-refractivity contribution in [3.63, 3.8) is 0 Å². The molecular weight excluding hydrogens is 272 g/mol. The second kappa shape index (κ2) is 6.33. The van der Waals surface area contributed by atoms with Crippen LogP contribution >= 0.6 is 23.8 Å². The van der Waals surface area contributed by atoms with Crippen molar-refractivity contribution in [1.82, 2.24) is 9.55 Å². The molecule has 0 aliphatic carbocycles. The van der Waals surface area contributed by atoms with Gasteiger partial charge in [0.05, 0.1) is 30.9 Å². The van der Waals surface area contributed by atoms with E-state index in [9.17, 15) is 0 Å². The third kappa shape index (κ3) is 3.11. The van der Waals surface area contributed by atoms with E-state index < -0.39 is 0 Å². The molecule has 0 atom stereocenters. The second-order valence-corrected chi connectivity index (χ2v) is 4.67. The molecule has 2 aromatic rings. The number of benzene rings is 1. The number of rotatable bonds is 6. The van der Waals surface area contributed by atoms with Crippen molar-refractivity contribution in [1.29, 1.82) is 0 Å². The molecule has 0 fully saturated rings. The van der Waals surface area contributed by atoms with Gasteiger partial charge >= 0.3 is 0 Å². The topological polar surface area (TPSA) is 39.2 Å². The molecule has 1 heterocycles. The lowest BCUT2D eigenvalue weighted by Gasteiger charge is -2.06. The maximum absolute atomic E-state index is 5.99. The highest BCUT2D eigenvalue weighted by Crippen LogP contribution is 2.19. The van der Waals surface area contributed by atoms with Gasteiger partial charge in [-0.25, -0.2) is 0 Å². The van der Waals surface area contributed by atoms with E-state index in [1.54, 1.807) is 7.11 Å². The molecule has 0 aliphatic heterocycles. The molecule has 98 valence electrons. The number of fused-ring (bicyclic) bond motifs is 1. The van der Waals surface area contributed by atoms with Crippen LogP contribution in [0.5, 0.6) is 0 Å². The summed E-state index contributed by atoms with van der Waals surface area (Å²) >= 11 is 11.3. The Labute approximate surface area is 115 Å². The average Bonchev–Trinajstić information content (AvgIpc) is 2.65. The van der Waals surface area contributed by atoms with E-state index in [4.69, 9.17) is 33.3 Å². The molecular formula is C12H15ClN2O2S. The highest BCUT2D eigenvalue weighted by Gasteiger charge is 2.04. The lowest BCUT2D eigenvalue weighted by atomic mass is 10.3. The molecule has 1 aromatic heterocycles. The van der Waals surface area contributed by atoms with E-state index in [0.29, 0.717) is 36.2 Å². The fourth-order valence-electron chi connectivity index (χ4n) is 1.75. The first-order valence-corrected chi connectivity index (χ1v) is 6.46. The lowest BCUT2D eigenvalue weighted by Crippen LogP contribution is -2.09. The number of methoxy groups -OCH3 is 1. The molecule has 0 spiro atoms. The zero-order chi connectivity index (χ0) is 13.0. The Kier molecular flexibility index (Phi) is 4.77. The van der Waals surface area contributed by atoms with Crippen molar-refractivity contribution >= 4 is 34.9 Å². The quantitative estimate of drug-likeness (QED) is 0.655. The van der Waals surface area contributed by atoms with Gasteiger partial charge in [-0.2, -0.15) is 0 Å². The van der Waals surface area contributed by atoms with Crippen LogP contribution in [0, 0.1) is 4.77 Å². The van der Waals surface area contributed by atoms with Crippen molar-refractivity contribution in [2.75, 3.05) is 26.9 Å². The van der Waals surface area contributed by atoms with Gasteiger partial charge in [-0.15, -0.1) is 0 Å². The Bertz CT molecular complexity index is 579. The number of hydrogen-bond donors (Lipinski definition) is 1. The fraction of sp³-hybridized carbons (Fsp3) is 0.417. The standard InChI is InChI=1S/C12H15ClN2O2S/c1-16-6-7-17-5-4-15-11-8-9(13)2-3-10(11)14-12(15)18/h2-3,8H,4-7H2,1H3,(H,14,18). The predicted octanol–water partition coefficient (Wildman–Crippen LogP) is 3.02. The first-order valence-electron chi connectivity index (χ1n) is 5.67. The molecule has 2 rings (SSSR count). The predicted molar refractivity (Wildman–Crippen MR) is 74.8 cm³/mol. The zero-order valence-corrected chi connectivity index (χ0v) is 11.7. The van der Waals surface area contributed by atoms with Crippen molar-refractivity contribution in [3.05, 3.63) is 28.0 Å². The van der Waals surface area contributed by atoms with E-state index in [2.05, 4.69) is 4.98 Å². The Morgan fingerprint density at radius 1 is 1.33 bits per heavy atom.